The van der Waals surface area contributed by atoms with Crippen LogP contribution in [-0.2, 0) is 6.42 Å². The van der Waals surface area contributed by atoms with Gasteiger partial charge in [-0.25, -0.2) is 4.98 Å². The van der Waals surface area contributed by atoms with E-state index in [-0.39, 0.29) is 19.3 Å². The number of hydrogen-bond acceptors (Lipinski definition) is 4. The highest BCUT2D eigenvalue weighted by Gasteiger charge is 2.29. The predicted molar refractivity (Wildman–Crippen MR) is 134 cm³/mol. The second-order valence-electron chi connectivity index (χ2n) is 8.92. The van der Waals surface area contributed by atoms with E-state index < -0.39 is 0 Å². The lowest BCUT2D eigenvalue weighted by atomic mass is 9.71. The zero-order valence-corrected chi connectivity index (χ0v) is 19.4. The largest absolute Gasteiger partial charge is 0.395 e. The minimum Gasteiger partial charge on any atom is -0.395 e. The minimum atomic E-state index is -0.105. The molecule has 3 aromatic rings. The molecule has 0 spiro atoms. The quantitative estimate of drug-likeness (QED) is 0.382. The molecule has 5 nitrogen and oxygen atoms in total. The second kappa shape index (κ2) is 11.4. The smallest absolute Gasteiger partial charge is 0.108 e. The maximum atomic E-state index is 9.82. The van der Waals surface area contributed by atoms with Crippen molar-refractivity contribution in [2.45, 2.75) is 38.1 Å². The number of aryl methyl sites for hydroxylation is 1. The zero-order chi connectivity index (χ0) is 23.0. The lowest BCUT2D eigenvalue weighted by molar-refractivity contribution is 0.239. The van der Waals surface area contributed by atoms with Gasteiger partial charge in [-0.05, 0) is 53.5 Å². The van der Waals surface area contributed by atoms with Crippen LogP contribution in [0.15, 0.2) is 67.0 Å². The van der Waals surface area contributed by atoms with Gasteiger partial charge in [0.1, 0.15) is 5.82 Å². The second-order valence-corrected chi connectivity index (χ2v) is 8.92. The van der Waals surface area contributed by atoms with Gasteiger partial charge in [0.05, 0.1) is 19.3 Å². The van der Waals surface area contributed by atoms with Crippen molar-refractivity contribution in [2.24, 2.45) is 5.92 Å². The number of imidazole rings is 1. The Morgan fingerprint density at radius 2 is 1.76 bits per heavy atom. The molecule has 1 heterocycles. The maximum Gasteiger partial charge on any atom is 0.108 e. The highest BCUT2D eigenvalue weighted by molar-refractivity contribution is 5.66. The number of aliphatic hydroxyl groups is 2. The molecule has 3 N–H and O–H groups in total. The van der Waals surface area contributed by atoms with Crippen LogP contribution in [0, 0.1) is 5.92 Å². The van der Waals surface area contributed by atoms with Crippen molar-refractivity contribution in [2.75, 3.05) is 26.3 Å². The molecule has 2 aromatic carbocycles. The SMILES string of the molecule is CCc1nccn1[C@@H](/C=C/c1ccc(-c2ccc(C3CC(CNCCO)C3)cc2)cc1)CO. The van der Waals surface area contributed by atoms with E-state index in [0.29, 0.717) is 12.5 Å². The Bertz CT molecular complexity index is 1020. The van der Waals surface area contributed by atoms with E-state index in [9.17, 15) is 5.11 Å². The summed E-state index contributed by atoms with van der Waals surface area (Å²) >= 11 is 0. The molecule has 0 saturated heterocycles. The summed E-state index contributed by atoms with van der Waals surface area (Å²) in [5, 5.41) is 22.0. The topological polar surface area (TPSA) is 70.3 Å². The van der Waals surface area contributed by atoms with Crippen LogP contribution in [0.5, 0.6) is 0 Å². The third-order valence-corrected chi connectivity index (χ3v) is 6.70. The van der Waals surface area contributed by atoms with Gasteiger partial charge in [0.25, 0.3) is 0 Å². The molecule has 1 aliphatic carbocycles. The van der Waals surface area contributed by atoms with Gasteiger partial charge in [-0.2, -0.15) is 0 Å². The summed E-state index contributed by atoms with van der Waals surface area (Å²) in [7, 11) is 0. The van der Waals surface area contributed by atoms with Crippen molar-refractivity contribution < 1.29 is 10.2 Å². The number of nitrogens with zero attached hydrogens (tertiary/aromatic N) is 2. The first-order chi connectivity index (χ1) is 16.2. The normalized spacial score (nSPS) is 19.0. The summed E-state index contributed by atoms with van der Waals surface area (Å²) in [5.41, 5.74) is 4.98. The molecule has 0 amide bonds. The number of rotatable bonds is 11. The maximum absolute atomic E-state index is 9.82. The monoisotopic (exact) mass is 445 g/mol. The van der Waals surface area contributed by atoms with Crippen LogP contribution >= 0.6 is 0 Å². The lowest BCUT2D eigenvalue weighted by Gasteiger charge is -2.36. The summed E-state index contributed by atoms with van der Waals surface area (Å²) in [5.74, 6) is 2.37. The molecule has 1 fully saturated rings. The van der Waals surface area contributed by atoms with Gasteiger partial charge in [-0.15, -0.1) is 0 Å². The first-order valence-electron chi connectivity index (χ1n) is 12.0. The molecule has 33 heavy (non-hydrogen) atoms. The van der Waals surface area contributed by atoms with Crippen LogP contribution in [0.1, 0.15) is 48.7 Å². The molecule has 4 rings (SSSR count). The van der Waals surface area contributed by atoms with Crippen molar-refractivity contribution in [3.8, 4) is 11.1 Å². The summed E-state index contributed by atoms with van der Waals surface area (Å²) in [6.07, 6.45) is 11.1. The zero-order valence-electron chi connectivity index (χ0n) is 19.4. The third-order valence-electron chi connectivity index (χ3n) is 6.70. The molecule has 174 valence electrons. The molecule has 0 aliphatic heterocycles. The fraction of sp³-hybridized carbons (Fsp3) is 0.393. The van der Waals surface area contributed by atoms with Crippen LogP contribution in [-0.4, -0.2) is 46.1 Å². The lowest BCUT2D eigenvalue weighted by Crippen LogP contribution is -2.33. The summed E-state index contributed by atoms with van der Waals surface area (Å²) in [6.45, 7) is 4.03. The van der Waals surface area contributed by atoms with E-state index in [1.165, 1.54) is 29.5 Å². The first kappa shape index (κ1) is 23.4. The number of hydrogen-bond donors (Lipinski definition) is 3. The molecular weight excluding hydrogens is 410 g/mol. The van der Waals surface area contributed by atoms with Gasteiger partial charge in [0.2, 0.25) is 0 Å². The average Bonchev–Trinajstić information content (AvgIpc) is 3.30. The highest BCUT2D eigenvalue weighted by Crippen LogP contribution is 2.41. The number of nitrogens with one attached hydrogen (secondary N) is 1. The predicted octanol–water partition coefficient (Wildman–Crippen LogP) is 4.43. The average molecular weight is 446 g/mol. The number of benzene rings is 2. The van der Waals surface area contributed by atoms with Gasteiger partial charge >= 0.3 is 0 Å². The molecule has 1 atom stereocenters. The van der Waals surface area contributed by atoms with Gasteiger partial charge < -0.3 is 20.1 Å². The van der Waals surface area contributed by atoms with Crippen LogP contribution < -0.4 is 5.32 Å². The summed E-state index contributed by atoms with van der Waals surface area (Å²) in [6, 6.07) is 17.5. The van der Waals surface area contributed by atoms with Crippen molar-refractivity contribution in [1.82, 2.24) is 14.9 Å². The van der Waals surface area contributed by atoms with E-state index in [0.717, 1.165) is 30.3 Å². The molecule has 0 radical (unpaired) electrons. The van der Waals surface area contributed by atoms with Gasteiger partial charge in [-0.3, -0.25) is 0 Å². The Kier molecular flexibility index (Phi) is 8.10. The molecule has 1 aromatic heterocycles. The van der Waals surface area contributed by atoms with Crippen LogP contribution in [0.2, 0.25) is 0 Å². The van der Waals surface area contributed by atoms with Gasteiger partial charge in [0.15, 0.2) is 0 Å². The molecule has 5 heteroatoms. The van der Waals surface area contributed by atoms with Crippen molar-refractivity contribution >= 4 is 6.08 Å². The van der Waals surface area contributed by atoms with Crippen molar-refractivity contribution in [1.29, 1.82) is 0 Å². The standard InChI is InChI=1S/C28H35N3O2/c1-2-28-30-13-15-31(28)27(20-33)12-5-21-3-6-23(7-4-21)24-8-10-25(11-9-24)26-17-22(18-26)19-29-14-16-32/h3-13,15,22,26-27,29,32-33H,2,14,16-20H2,1H3/b12-5+/t22?,26?,27-/m0/s1. The van der Waals surface area contributed by atoms with E-state index in [4.69, 9.17) is 5.11 Å². The molecular formula is C28H35N3O2. The van der Waals surface area contributed by atoms with E-state index in [2.05, 4.69) is 71.8 Å². The molecule has 0 unspecified atom stereocenters. The van der Waals surface area contributed by atoms with Gasteiger partial charge in [0, 0.05) is 25.4 Å². The number of aliphatic hydroxyl groups excluding tert-OH is 2. The Morgan fingerprint density at radius 3 is 2.39 bits per heavy atom. The molecule has 0 bridgehead atoms. The summed E-state index contributed by atoms with van der Waals surface area (Å²) < 4.78 is 2.03. The summed E-state index contributed by atoms with van der Waals surface area (Å²) in [4.78, 5) is 4.36. The van der Waals surface area contributed by atoms with Gasteiger partial charge in [-0.1, -0.05) is 67.6 Å². The fourth-order valence-corrected chi connectivity index (χ4v) is 4.68. The number of aromatic nitrogens is 2. The fourth-order valence-electron chi connectivity index (χ4n) is 4.68. The Balaban J connectivity index is 1.34. The molecule has 1 saturated carbocycles. The Hall–Kier alpha value is -2.73. The van der Waals surface area contributed by atoms with Crippen molar-refractivity contribution in [3.05, 3.63) is 84.0 Å². The van der Waals surface area contributed by atoms with Crippen LogP contribution in [0.3, 0.4) is 0 Å². The van der Waals surface area contributed by atoms with E-state index in [1.807, 2.05) is 16.8 Å². The minimum absolute atomic E-state index is 0.0468. The van der Waals surface area contributed by atoms with Crippen molar-refractivity contribution in [3.63, 3.8) is 0 Å². The van der Waals surface area contributed by atoms with E-state index >= 15 is 0 Å². The Morgan fingerprint density at radius 1 is 1.06 bits per heavy atom. The highest BCUT2D eigenvalue weighted by atomic mass is 16.3. The van der Waals surface area contributed by atoms with Crippen LogP contribution in [0.25, 0.3) is 17.2 Å². The van der Waals surface area contributed by atoms with Crippen LogP contribution in [0.4, 0.5) is 0 Å². The first-order valence-corrected chi connectivity index (χ1v) is 12.0. The third kappa shape index (κ3) is 5.80. The Labute approximate surface area is 196 Å². The molecule has 1 aliphatic rings. The van der Waals surface area contributed by atoms with E-state index in [1.54, 1.807) is 6.20 Å².